The van der Waals surface area contributed by atoms with Crippen LogP contribution in [0.15, 0.2) is 243 Å². The molecule has 12 rings (SSSR count). The molecule has 1 aromatic heterocycles. The second-order valence-electron chi connectivity index (χ2n) is 16.1. The highest BCUT2D eigenvalue weighted by Gasteiger charge is 2.19. The zero-order chi connectivity index (χ0) is 41.0. The summed E-state index contributed by atoms with van der Waals surface area (Å²) in [5.41, 5.74) is 14.1. The lowest BCUT2D eigenvalue weighted by molar-refractivity contribution is 1.18. The standard InChI is InChI=1S/C60H40N2/c1-3-14-43(15-4-1)53-22-11-17-46-18-12-23-54(59(46)53)44-29-35-51(36-30-44)61(50-33-27-42(28-34-50)48-26-25-41-13-7-8-16-47(41)39-48)52-37-31-45-32-38-58-60(56(45)40-52)55-21-9-10-24-57(55)62(58)49-19-5-2-6-20-49/h1-40H. The van der Waals surface area contributed by atoms with Crippen LogP contribution >= 0.6 is 0 Å². The SMILES string of the molecule is c1ccc(-c2cccc3cccc(-c4ccc(N(c5ccc(-c6ccc7ccccc7c6)cc5)c5ccc6ccc7c(c6c5)c5ccccc5n7-c5ccccc5)cc4)c23)cc1. The summed E-state index contributed by atoms with van der Waals surface area (Å²) >= 11 is 0. The van der Waals surface area contributed by atoms with Crippen molar-refractivity contribution < 1.29 is 0 Å². The maximum atomic E-state index is 2.40. The Morgan fingerprint density at radius 3 is 1.56 bits per heavy atom. The molecule has 0 bridgehead atoms. The Morgan fingerprint density at radius 2 is 0.823 bits per heavy atom. The van der Waals surface area contributed by atoms with Crippen LogP contribution in [0.2, 0.25) is 0 Å². The average molecular weight is 789 g/mol. The molecule has 2 nitrogen and oxygen atoms in total. The Hall–Kier alpha value is -8.20. The van der Waals surface area contributed by atoms with E-state index in [1.54, 1.807) is 0 Å². The molecule has 290 valence electrons. The van der Waals surface area contributed by atoms with Crippen molar-refractivity contribution in [3.8, 4) is 39.1 Å². The van der Waals surface area contributed by atoms with Gasteiger partial charge in [0.1, 0.15) is 0 Å². The molecule has 12 aromatic rings. The molecule has 0 aliphatic carbocycles. The Kier molecular flexibility index (Phi) is 8.53. The molecular formula is C60H40N2. The quantitative estimate of drug-likeness (QED) is 0.156. The normalized spacial score (nSPS) is 11.5. The number of aromatic nitrogens is 1. The number of anilines is 3. The molecule has 62 heavy (non-hydrogen) atoms. The summed E-state index contributed by atoms with van der Waals surface area (Å²) in [6.45, 7) is 0. The minimum Gasteiger partial charge on any atom is -0.310 e. The molecule has 0 N–H and O–H groups in total. The van der Waals surface area contributed by atoms with E-state index in [0.29, 0.717) is 0 Å². The first-order valence-electron chi connectivity index (χ1n) is 21.3. The zero-order valence-corrected chi connectivity index (χ0v) is 34.0. The van der Waals surface area contributed by atoms with Crippen molar-refractivity contribution in [3.05, 3.63) is 243 Å². The molecule has 0 radical (unpaired) electrons. The van der Waals surface area contributed by atoms with E-state index < -0.39 is 0 Å². The lowest BCUT2D eigenvalue weighted by Crippen LogP contribution is -2.10. The van der Waals surface area contributed by atoms with Gasteiger partial charge in [-0.05, 0) is 132 Å². The number of benzene rings is 11. The third kappa shape index (κ3) is 6.04. The lowest BCUT2D eigenvalue weighted by atomic mass is 9.91. The molecule has 0 saturated heterocycles. The van der Waals surface area contributed by atoms with Crippen LogP contribution < -0.4 is 4.90 Å². The lowest BCUT2D eigenvalue weighted by Gasteiger charge is -2.26. The number of hydrogen-bond acceptors (Lipinski definition) is 1. The van der Waals surface area contributed by atoms with Crippen molar-refractivity contribution in [2.24, 2.45) is 0 Å². The van der Waals surface area contributed by atoms with Gasteiger partial charge in [-0.2, -0.15) is 0 Å². The van der Waals surface area contributed by atoms with Crippen LogP contribution in [0.3, 0.4) is 0 Å². The smallest absolute Gasteiger partial charge is 0.0547 e. The van der Waals surface area contributed by atoms with Gasteiger partial charge in [0.15, 0.2) is 0 Å². The van der Waals surface area contributed by atoms with E-state index in [-0.39, 0.29) is 0 Å². The summed E-state index contributed by atoms with van der Waals surface area (Å²) in [4.78, 5) is 2.40. The van der Waals surface area contributed by atoms with Crippen molar-refractivity contribution in [2.75, 3.05) is 4.90 Å². The molecule has 1 heterocycles. The molecule has 0 amide bonds. The van der Waals surface area contributed by atoms with Crippen LogP contribution in [0.1, 0.15) is 0 Å². The monoisotopic (exact) mass is 788 g/mol. The molecule has 0 aliphatic heterocycles. The highest BCUT2D eigenvalue weighted by atomic mass is 15.1. The fourth-order valence-corrected chi connectivity index (χ4v) is 9.62. The molecule has 0 spiro atoms. The first kappa shape index (κ1) is 35.7. The van der Waals surface area contributed by atoms with E-state index in [1.165, 1.54) is 87.5 Å². The Bertz CT molecular complexity index is 3600. The van der Waals surface area contributed by atoms with E-state index in [0.717, 1.165) is 22.7 Å². The highest BCUT2D eigenvalue weighted by molar-refractivity contribution is 6.22. The second kappa shape index (κ2) is 14.8. The molecule has 0 fully saturated rings. The Balaban J connectivity index is 1.03. The molecule has 2 heteroatoms. The third-order valence-electron chi connectivity index (χ3n) is 12.5. The minimum absolute atomic E-state index is 1.09. The second-order valence-corrected chi connectivity index (χ2v) is 16.1. The van der Waals surface area contributed by atoms with Crippen LogP contribution in [0.25, 0.3) is 93.2 Å². The number of rotatable bonds is 7. The van der Waals surface area contributed by atoms with Gasteiger partial charge < -0.3 is 9.47 Å². The predicted octanol–water partition coefficient (Wildman–Crippen LogP) is 16.7. The van der Waals surface area contributed by atoms with Gasteiger partial charge in [-0.25, -0.2) is 0 Å². The van der Waals surface area contributed by atoms with E-state index in [9.17, 15) is 0 Å². The van der Waals surface area contributed by atoms with Gasteiger partial charge in [0.25, 0.3) is 0 Å². The average Bonchev–Trinajstić information content (AvgIpc) is 3.69. The number of nitrogens with zero attached hydrogens (tertiary/aromatic N) is 2. The first-order chi connectivity index (χ1) is 30.7. The molecule has 0 aliphatic rings. The van der Waals surface area contributed by atoms with Crippen molar-refractivity contribution in [1.29, 1.82) is 0 Å². The largest absolute Gasteiger partial charge is 0.310 e. The van der Waals surface area contributed by atoms with Crippen LogP contribution in [-0.4, -0.2) is 4.57 Å². The van der Waals surface area contributed by atoms with Gasteiger partial charge in [-0.1, -0.05) is 176 Å². The van der Waals surface area contributed by atoms with Gasteiger partial charge in [0, 0.05) is 33.5 Å². The van der Waals surface area contributed by atoms with Gasteiger partial charge in [0.05, 0.1) is 11.0 Å². The van der Waals surface area contributed by atoms with Crippen molar-refractivity contribution in [1.82, 2.24) is 4.57 Å². The molecule has 0 saturated carbocycles. The summed E-state index contributed by atoms with van der Waals surface area (Å²) in [6, 6.07) is 88.5. The maximum absolute atomic E-state index is 2.40. The fraction of sp³-hybridized carbons (Fsp3) is 0. The third-order valence-corrected chi connectivity index (χ3v) is 12.5. The predicted molar refractivity (Wildman–Crippen MR) is 264 cm³/mol. The Labute approximate surface area is 360 Å². The van der Waals surface area contributed by atoms with Crippen LogP contribution in [0.4, 0.5) is 17.1 Å². The highest BCUT2D eigenvalue weighted by Crippen LogP contribution is 2.43. The van der Waals surface area contributed by atoms with Crippen LogP contribution in [0, 0.1) is 0 Å². The van der Waals surface area contributed by atoms with Crippen LogP contribution in [0.5, 0.6) is 0 Å². The van der Waals surface area contributed by atoms with E-state index >= 15 is 0 Å². The van der Waals surface area contributed by atoms with Gasteiger partial charge in [-0.3, -0.25) is 0 Å². The van der Waals surface area contributed by atoms with Gasteiger partial charge >= 0.3 is 0 Å². The van der Waals surface area contributed by atoms with E-state index in [4.69, 9.17) is 0 Å². The summed E-state index contributed by atoms with van der Waals surface area (Å²) in [5.74, 6) is 0. The molecule has 11 aromatic carbocycles. The minimum atomic E-state index is 1.09. The van der Waals surface area contributed by atoms with Crippen molar-refractivity contribution in [2.45, 2.75) is 0 Å². The zero-order valence-electron chi connectivity index (χ0n) is 34.0. The van der Waals surface area contributed by atoms with E-state index in [1.807, 2.05) is 0 Å². The number of para-hydroxylation sites is 2. The molecular weight excluding hydrogens is 749 g/mol. The summed E-state index contributed by atoms with van der Waals surface area (Å²) < 4.78 is 2.40. The van der Waals surface area contributed by atoms with E-state index in [2.05, 4.69) is 252 Å². The topological polar surface area (TPSA) is 8.17 Å². The van der Waals surface area contributed by atoms with Crippen molar-refractivity contribution >= 4 is 71.2 Å². The maximum Gasteiger partial charge on any atom is 0.0547 e. The fourth-order valence-electron chi connectivity index (χ4n) is 9.62. The number of fused-ring (bicyclic) bond motifs is 7. The van der Waals surface area contributed by atoms with Gasteiger partial charge in [0.2, 0.25) is 0 Å². The van der Waals surface area contributed by atoms with Gasteiger partial charge in [-0.15, -0.1) is 0 Å². The number of hydrogen-bond donors (Lipinski definition) is 0. The summed E-state index contributed by atoms with van der Waals surface area (Å²) in [6.07, 6.45) is 0. The van der Waals surface area contributed by atoms with Crippen molar-refractivity contribution in [3.63, 3.8) is 0 Å². The Morgan fingerprint density at radius 1 is 0.274 bits per heavy atom. The summed E-state index contributed by atoms with van der Waals surface area (Å²) in [5, 5.41) is 9.94. The molecule has 0 unspecified atom stereocenters. The van der Waals surface area contributed by atoms with Crippen LogP contribution in [-0.2, 0) is 0 Å². The molecule has 0 atom stereocenters. The summed E-state index contributed by atoms with van der Waals surface area (Å²) in [7, 11) is 0. The first-order valence-corrected chi connectivity index (χ1v) is 21.3.